The Balaban J connectivity index is 3.30. The lowest BCUT2D eigenvalue weighted by Gasteiger charge is -2.01. The summed E-state index contributed by atoms with van der Waals surface area (Å²) in [5, 5.41) is 4.98. The molecule has 4 nitrogen and oxygen atoms in total. The van der Waals surface area contributed by atoms with Gasteiger partial charge in [0.25, 0.3) is 0 Å². The van der Waals surface area contributed by atoms with Crippen LogP contribution in [0.5, 0.6) is 0 Å². The number of allylic oxidation sites excluding steroid dienone is 1. The highest BCUT2D eigenvalue weighted by atomic mass is 32.2. The van der Waals surface area contributed by atoms with E-state index in [-0.39, 0.29) is 4.90 Å². The first-order valence-corrected chi connectivity index (χ1v) is 5.34. The van der Waals surface area contributed by atoms with Crippen molar-refractivity contribution in [3.8, 4) is 0 Å². The summed E-state index contributed by atoms with van der Waals surface area (Å²) < 4.78 is 22.1. The first kappa shape index (κ1) is 10.6. The van der Waals surface area contributed by atoms with Gasteiger partial charge in [-0.2, -0.15) is 0 Å². The molecular formula is C9H9NO3S. The topological polar surface area (TPSA) is 77.2 Å². The van der Waals surface area contributed by atoms with Crippen LogP contribution in [0.25, 0.3) is 6.08 Å². The van der Waals surface area contributed by atoms with Gasteiger partial charge in [-0.05, 0) is 17.7 Å². The number of hydrogen-bond donors (Lipinski definition) is 1. The third-order valence-corrected chi connectivity index (χ3v) is 2.56. The third kappa shape index (κ3) is 2.51. The zero-order valence-corrected chi connectivity index (χ0v) is 8.07. The molecule has 1 rings (SSSR count). The zero-order chi connectivity index (χ0) is 10.6. The van der Waals surface area contributed by atoms with Crippen LogP contribution in [-0.4, -0.2) is 14.7 Å². The van der Waals surface area contributed by atoms with Crippen molar-refractivity contribution in [2.45, 2.75) is 4.90 Å². The number of hydrogen-bond acceptors (Lipinski definition) is 3. The van der Waals surface area contributed by atoms with Gasteiger partial charge in [-0.15, -0.1) is 0 Å². The van der Waals surface area contributed by atoms with Crippen LogP contribution < -0.4 is 5.14 Å². The summed E-state index contributed by atoms with van der Waals surface area (Å²) in [5.74, 6) is 0. The van der Waals surface area contributed by atoms with E-state index >= 15 is 0 Å². The zero-order valence-electron chi connectivity index (χ0n) is 7.25. The second kappa shape index (κ2) is 4.17. The molecule has 0 unspecified atom stereocenters. The number of aldehydes is 1. The maximum absolute atomic E-state index is 11.1. The molecule has 0 amide bonds. The Bertz CT molecular complexity index is 463. The van der Waals surface area contributed by atoms with Crippen molar-refractivity contribution in [3.05, 3.63) is 35.9 Å². The molecule has 0 bridgehead atoms. The summed E-state index contributed by atoms with van der Waals surface area (Å²) in [7, 11) is -3.73. The molecule has 0 atom stereocenters. The molecule has 1 aromatic carbocycles. The molecule has 74 valence electrons. The summed E-state index contributed by atoms with van der Waals surface area (Å²) in [6.07, 6.45) is 3.18. The van der Waals surface area contributed by atoms with E-state index in [1.54, 1.807) is 18.2 Å². The van der Waals surface area contributed by atoms with Gasteiger partial charge in [-0.1, -0.05) is 24.3 Å². The minimum absolute atomic E-state index is 0.0121. The molecule has 0 saturated heterocycles. The van der Waals surface area contributed by atoms with E-state index in [0.29, 0.717) is 11.8 Å². The van der Waals surface area contributed by atoms with Crippen LogP contribution >= 0.6 is 0 Å². The van der Waals surface area contributed by atoms with Crippen molar-refractivity contribution in [1.29, 1.82) is 0 Å². The normalized spacial score (nSPS) is 11.8. The summed E-state index contributed by atoms with van der Waals surface area (Å²) in [6.45, 7) is 0. The highest BCUT2D eigenvalue weighted by Crippen LogP contribution is 2.14. The summed E-state index contributed by atoms with van der Waals surface area (Å²) >= 11 is 0. The summed E-state index contributed by atoms with van der Waals surface area (Å²) in [6, 6.07) is 6.19. The average Bonchev–Trinajstić information content (AvgIpc) is 2.14. The van der Waals surface area contributed by atoms with Crippen LogP contribution in [0, 0.1) is 0 Å². The molecule has 0 aliphatic carbocycles. The number of carbonyl (C=O) groups excluding carboxylic acids is 1. The molecule has 0 heterocycles. The molecule has 0 saturated carbocycles. The highest BCUT2D eigenvalue weighted by Gasteiger charge is 2.10. The number of sulfonamides is 1. The molecular weight excluding hydrogens is 202 g/mol. The second-order valence-electron chi connectivity index (χ2n) is 2.58. The Labute approximate surface area is 82.1 Å². The molecule has 0 aromatic heterocycles. The van der Waals surface area contributed by atoms with Crippen LogP contribution in [0.3, 0.4) is 0 Å². The van der Waals surface area contributed by atoms with Gasteiger partial charge in [0.05, 0.1) is 4.90 Å². The number of benzene rings is 1. The van der Waals surface area contributed by atoms with Gasteiger partial charge >= 0.3 is 0 Å². The summed E-state index contributed by atoms with van der Waals surface area (Å²) in [4.78, 5) is 10.1. The van der Waals surface area contributed by atoms with Crippen molar-refractivity contribution < 1.29 is 13.2 Å². The molecule has 5 heteroatoms. The Kier molecular flexibility index (Phi) is 3.16. The molecule has 0 aliphatic rings. The Hall–Kier alpha value is -1.46. The molecule has 0 spiro atoms. The fraction of sp³-hybridized carbons (Fsp3) is 0. The van der Waals surface area contributed by atoms with Crippen molar-refractivity contribution in [2.75, 3.05) is 0 Å². The molecule has 14 heavy (non-hydrogen) atoms. The van der Waals surface area contributed by atoms with E-state index < -0.39 is 10.0 Å². The maximum Gasteiger partial charge on any atom is 0.238 e. The average molecular weight is 211 g/mol. The first-order chi connectivity index (χ1) is 6.55. The predicted molar refractivity (Wildman–Crippen MR) is 52.9 cm³/mol. The first-order valence-electron chi connectivity index (χ1n) is 3.79. The Morgan fingerprint density at radius 1 is 1.21 bits per heavy atom. The van der Waals surface area contributed by atoms with E-state index in [2.05, 4.69) is 0 Å². The summed E-state index contributed by atoms with van der Waals surface area (Å²) in [5.41, 5.74) is 0.405. The van der Waals surface area contributed by atoms with Crippen LogP contribution in [0.15, 0.2) is 35.2 Å². The molecule has 0 radical (unpaired) electrons. The lowest BCUT2D eigenvalue weighted by Crippen LogP contribution is -2.13. The van der Waals surface area contributed by atoms with Gasteiger partial charge in [-0.3, -0.25) is 4.79 Å². The largest absolute Gasteiger partial charge is 0.299 e. The van der Waals surface area contributed by atoms with E-state index in [1.807, 2.05) is 0 Å². The lowest BCUT2D eigenvalue weighted by molar-refractivity contribution is -0.104. The number of nitrogens with two attached hydrogens (primary N) is 1. The molecule has 2 N–H and O–H groups in total. The van der Waals surface area contributed by atoms with E-state index in [4.69, 9.17) is 5.14 Å². The number of primary sulfonamides is 1. The van der Waals surface area contributed by atoms with Crippen molar-refractivity contribution in [2.24, 2.45) is 5.14 Å². The number of rotatable bonds is 3. The van der Waals surface area contributed by atoms with Gasteiger partial charge in [-0.25, -0.2) is 13.6 Å². The minimum Gasteiger partial charge on any atom is -0.299 e. The SMILES string of the molecule is NS(=O)(=O)c1ccccc1C=CC=O. The minimum atomic E-state index is -3.73. The monoisotopic (exact) mass is 211 g/mol. The quantitative estimate of drug-likeness (QED) is 0.585. The van der Waals surface area contributed by atoms with Gasteiger partial charge in [0.2, 0.25) is 10.0 Å². The van der Waals surface area contributed by atoms with Crippen molar-refractivity contribution >= 4 is 22.4 Å². The third-order valence-electron chi connectivity index (χ3n) is 1.58. The number of carbonyl (C=O) groups is 1. The standard InChI is InChI=1S/C9H9NO3S/c10-14(12,13)9-6-2-1-4-8(9)5-3-7-11/h1-7H,(H2,10,12,13). The highest BCUT2D eigenvalue weighted by molar-refractivity contribution is 7.89. The van der Waals surface area contributed by atoms with Crippen molar-refractivity contribution in [3.63, 3.8) is 0 Å². The molecule has 0 fully saturated rings. The fourth-order valence-electron chi connectivity index (χ4n) is 1.02. The molecule has 1 aromatic rings. The van der Waals surface area contributed by atoms with E-state index in [1.165, 1.54) is 18.2 Å². The smallest absolute Gasteiger partial charge is 0.238 e. The van der Waals surface area contributed by atoms with Gasteiger partial charge in [0, 0.05) is 0 Å². The van der Waals surface area contributed by atoms with Crippen LogP contribution in [0.2, 0.25) is 0 Å². The predicted octanol–water partition coefficient (Wildman–Crippen LogP) is 0.546. The van der Waals surface area contributed by atoms with Gasteiger partial charge in [0.1, 0.15) is 6.29 Å². The van der Waals surface area contributed by atoms with Gasteiger partial charge < -0.3 is 0 Å². The Morgan fingerprint density at radius 3 is 2.43 bits per heavy atom. The Morgan fingerprint density at radius 2 is 1.86 bits per heavy atom. The lowest BCUT2D eigenvalue weighted by atomic mass is 10.2. The van der Waals surface area contributed by atoms with Crippen LogP contribution in [-0.2, 0) is 14.8 Å². The fourth-order valence-corrected chi connectivity index (χ4v) is 1.75. The maximum atomic E-state index is 11.1. The molecule has 0 aliphatic heterocycles. The second-order valence-corrected chi connectivity index (χ2v) is 4.11. The van der Waals surface area contributed by atoms with Crippen LogP contribution in [0.1, 0.15) is 5.56 Å². The van der Waals surface area contributed by atoms with E-state index in [0.717, 1.165) is 0 Å². The van der Waals surface area contributed by atoms with Crippen LogP contribution in [0.4, 0.5) is 0 Å². The van der Waals surface area contributed by atoms with Gasteiger partial charge in [0.15, 0.2) is 0 Å². The van der Waals surface area contributed by atoms with Crippen molar-refractivity contribution in [1.82, 2.24) is 0 Å². The van der Waals surface area contributed by atoms with E-state index in [9.17, 15) is 13.2 Å².